The van der Waals surface area contributed by atoms with Gasteiger partial charge in [-0.05, 0) is 35.7 Å². The fraction of sp³-hybridized carbons (Fsp3) is 0.300. The number of para-hydroxylation sites is 1. The molecule has 25 heavy (non-hydrogen) atoms. The fourth-order valence-electron chi connectivity index (χ4n) is 3.32. The van der Waals surface area contributed by atoms with Crippen LogP contribution in [0.15, 0.2) is 48.5 Å². The van der Waals surface area contributed by atoms with Gasteiger partial charge in [0.2, 0.25) is 11.8 Å². The Kier molecular flexibility index (Phi) is 5.12. The molecule has 1 aliphatic rings. The highest BCUT2D eigenvalue weighted by molar-refractivity contribution is 5.94. The van der Waals surface area contributed by atoms with Crippen molar-refractivity contribution in [3.8, 4) is 0 Å². The van der Waals surface area contributed by atoms with Crippen LogP contribution in [0.3, 0.4) is 0 Å². The number of halogens is 1. The van der Waals surface area contributed by atoms with Gasteiger partial charge >= 0.3 is 0 Å². The van der Waals surface area contributed by atoms with E-state index in [4.69, 9.17) is 0 Å². The van der Waals surface area contributed by atoms with Crippen molar-refractivity contribution >= 4 is 17.5 Å². The molecule has 1 unspecified atom stereocenters. The largest absolute Gasteiger partial charge is 0.356 e. The number of hydrogen-bond donors (Lipinski definition) is 1. The van der Waals surface area contributed by atoms with Crippen molar-refractivity contribution in [3.05, 3.63) is 65.5 Å². The number of carbonyl (C=O) groups excluding carboxylic acids is 2. The van der Waals surface area contributed by atoms with Crippen LogP contribution < -0.4 is 10.2 Å². The molecule has 0 bridgehead atoms. The van der Waals surface area contributed by atoms with Gasteiger partial charge in [-0.1, -0.05) is 30.3 Å². The molecule has 2 aromatic rings. The van der Waals surface area contributed by atoms with E-state index in [0.29, 0.717) is 18.7 Å². The van der Waals surface area contributed by atoms with Gasteiger partial charge in [-0.3, -0.25) is 9.59 Å². The monoisotopic (exact) mass is 340 g/mol. The summed E-state index contributed by atoms with van der Waals surface area (Å²) in [5.74, 6) is -0.211. The first kappa shape index (κ1) is 17.1. The van der Waals surface area contributed by atoms with Gasteiger partial charge in [0, 0.05) is 31.6 Å². The number of fused-ring (bicyclic) bond motifs is 1. The summed E-state index contributed by atoms with van der Waals surface area (Å²) in [5.41, 5.74) is 2.77. The Bertz CT molecular complexity index is 791. The lowest BCUT2D eigenvalue weighted by molar-refractivity contribution is -0.120. The molecule has 0 aliphatic carbocycles. The SMILES string of the molecule is CC(=O)N1CC(CCNC(=O)Cc2cccc(F)c2)c2ccccc21. The number of carbonyl (C=O) groups is 2. The van der Waals surface area contributed by atoms with Crippen molar-refractivity contribution < 1.29 is 14.0 Å². The summed E-state index contributed by atoms with van der Waals surface area (Å²) >= 11 is 0. The van der Waals surface area contributed by atoms with Crippen LogP contribution in [0.2, 0.25) is 0 Å². The van der Waals surface area contributed by atoms with E-state index >= 15 is 0 Å². The van der Waals surface area contributed by atoms with Crippen molar-refractivity contribution in [1.29, 1.82) is 0 Å². The lowest BCUT2D eigenvalue weighted by atomic mass is 9.98. The highest BCUT2D eigenvalue weighted by atomic mass is 19.1. The van der Waals surface area contributed by atoms with Gasteiger partial charge in [-0.2, -0.15) is 0 Å². The van der Waals surface area contributed by atoms with Gasteiger partial charge in [0.25, 0.3) is 0 Å². The molecule has 0 saturated heterocycles. The van der Waals surface area contributed by atoms with Gasteiger partial charge in [-0.15, -0.1) is 0 Å². The number of nitrogens with zero attached hydrogens (tertiary/aromatic N) is 1. The summed E-state index contributed by atoms with van der Waals surface area (Å²) in [6.45, 7) is 2.74. The normalized spacial score (nSPS) is 15.8. The highest BCUT2D eigenvalue weighted by Crippen LogP contribution is 2.37. The molecule has 1 atom stereocenters. The van der Waals surface area contributed by atoms with Gasteiger partial charge < -0.3 is 10.2 Å². The molecular weight excluding hydrogens is 319 g/mol. The molecule has 0 saturated carbocycles. The minimum absolute atomic E-state index is 0.0325. The zero-order valence-corrected chi connectivity index (χ0v) is 14.2. The van der Waals surface area contributed by atoms with Gasteiger partial charge in [-0.25, -0.2) is 4.39 Å². The number of amides is 2. The third-order valence-electron chi connectivity index (χ3n) is 4.52. The average molecular weight is 340 g/mol. The van der Waals surface area contributed by atoms with Crippen LogP contribution >= 0.6 is 0 Å². The molecule has 4 nitrogen and oxygen atoms in total. The predicted molar refractivity (Wildman–Crippen MR) is 94.9 cm³/mol. The standard InChI is InChI=1S/C20H21FN2O2/c1-14(24)23-13-16(18-7-2-3-8-19(18)23)9-10-22-20(25)12-15-5-4-6-17(21)11-15/h2-8,11,16H,9-10,12-13H2,1H3,(H,22,25). The Labute approximate surface area is 146 Å². The molecule has 0 spiro atoms. The molecule has 1 aliphatic heterocycles. The van der Waals surface area contributed by atoms with Crippen molar-refractivity contribution in [2.45, 2.75) is 25.7 Å². The second kappa shape index (κ2) is 7.47. The maximum atomic E-state index is 13.2. The van der Waals surface area contributed by atoms with Gasteiger partial charge in [0.05, 0.1) is 6.42 Å². The van der Waals surface area contributed by atoms with Crippen molar-refractivity contribution in [2.75, 3.05) is 18.0 Å². The van der Waals surface area contributed by atoms with E-state index in [1.54, 1.807) is 24.0 Å². The van der Waals surface area contributed by atoms with E-state index in [2.05, 4.69) is 5.32 Å². The zero-order chi connectivity index (χ0) is 17.8. The van der Waals surface area contributed by atoms with Crippen molar-refractivity contribution in [1.82, 2.24) is 5.32 Å². The third kappa shape index (κ3) is 4.05. The summed E-state index contributed by atoms with van der Waals surface area (Å²) in [7, 11) is 0. The summed E-state index contributed by atoms with van der Waals surface area (Å²) in [6.07, 6.45) is 0.925. The summed E-state index contributed by atoms with van der Waals surface area (Å²) in [6, 6.07) is 14.0. The topological polar surface area (TPSA) is 49.4 Å². The van der Waals surface area contributed by atoms with E-state index in [0.717, 1.165) is 17.7 Å². The molecular formula is C20H21FN2O2. The van der Waals surface area contributed by atoms with Crippen LogP contribution in [0, 0.1) is 5.82 Å². The lowest BCUT2D eigenvalue weighted by Gasteiger charge is -2.15. The summed E-state index contributed by atoms with van der Waals surface area (Å²) in [4.78, 5) is 25.6. The minimum atomic E-state index is -0.336. The number of benzene rings is 2. The Morgan fingerprint density at radius 1 is 1.20 bits per heavy atom. The first-order valence-electron chi connectivity index (χ1n) is 8.43. The van der Waals surface area contributed by atoms with Crippen molar-refractivity contribution in [3.63, 3.8) is 0 Å². The smallest absolute Gasteiger partial charge is 0.224 e. The Morgan fingerprint density at radius 3 is 2.76 bits per heavy atom. The number of anilines is 1. The Balaban J connectivity index is 1.54. The van der Waals surface area contributed by atoms with E-state index in [1.165, 1.54) is 12.1 Å². The van der Waals surface area contributed by atoms with Crippen LogP contribution in [0.4, 0.5) is 10.1 Å². The molecule has 2 aromatic carbocycles. The van der Waals surface area contributed by atoms with Crippen LogP contribution in [0.1, 0.15) is 30.4 Å². The number of hydrogen-bond acceptors (Lipinski definition) is 2. The van der Waals surface area contributed by atoms with E-state index < -0.39 is 0 Å². The second-order valence-corrected chi connectivity index (χ2v) is 6.33. The third-order valence-corrected chi connectivity index (χ3v) is 4.52. The predicted octanol–water partition coefficient (Wildman–Crippen LogP) is 3.02. The molecule has 130 valence electrons. The molecule has 5 heteroatoms. The average Bonchev–Trinajstić information content (AvgIpc) is 2.94. The van der Waals surface area contributed by atoms with Gasteiger partial charge in [0.1, 0.15) is 5.82 Å². The maximum Gasteiger partial charge on any atom is 0.224 e. The zero-order valence-electron chi connectivity index (χ0n) is 14.2. The maximum absolute atomic E-state index is 13.2. The molecule has 2 amide bonds. The van der Waals surface area contributed by atoms with E-state index in [-0.39, 0.29) is 30.0 Å². The lowest BCUT2D eigenvalue weighted by Crippen LogP contribution is -2.30. The van der Waals surface area contributed by atoms with Crippen LogP contribution in [-0.4, -0.2) is 24.9 Å². The van der Waals surface area contributed by atoms with Gasteiger partial charge in [0.15, 0.2) is 0 Å². The molecule has 0 radical (unpaired) electrons. The number of rotatable bonds is 5. The molecule has 0 aromatic heterocycles. The Morgan fingerprint density at radius 2 is 2.00 bits per heavy atom. The van der Waals surface area contributed by atoms with Crippen LogP contribution in [0.5, 0.6) is 0 Å². The molecule has 1 N–H and O–H groups in total. The molecule has 1 heterocycles. The van der Waals surface area contributed by atoms with Crippen molar-refractivity contribution in [2.24, 2.45) is 0 Å². The number of nitrogens with one attached hydrogen (secondary N) is 1. The van der Waals surface area contributed by atoms with E-state index in [9.17, 15) is 14.0 Å². The fourth-order valence-corrected chi connectivity index (χ4v) is 3.32. The van der Waals surface area contributed by atoms with E-state index in [1.807, 2.05) is 24.3 Å². The van der Waals surface area contributed by atoms with Crippen LogP contribution in [0.25, 0.3) is 0 Å². The van der Waals surface area contributed by atoms with Crippen LogP contribution in [-0.2, 0) is 16.0 Å². The first-order chi connectivity index (χ1) is 12.0. The second-order valence-electron chi connectivity index (χ2n) is 6.33. The minimum Gasteiger partial charge on any atom is -0.356 e. The quantitative estimate of drug-likeness (QED) is 0.909. The Hall–Kier alpha value is -2.69. The first-order valence-corrected chi connectivity index (χ1v) is 8.43. The summed E-state index contributed by atoms with van der Waals surface area (Å²) in [5, 5.41) is 2.89. The summed E-state index contributed by atoms with van der Waals surface area (Å²) < 4.78 is 13.2. The molecule has 3 rings (SSSR count). The highest BCUT2D eigenvalue weighted by Gasteiger charge is 2.29. The molecule has 0 fully saturated rings.